The molecule has 0 radical (unpaired) electrons. The van der Waals surface area contributed by atoms with E-state index < -0.39 is 23.5 Å². The summed E-state index contributed by atoms with van der Waals surface area (Å²) in [6.45, 7) is 2.53. The van der Waals surface area contributed by atoms with Crippen molar-refractivity contribution in [1.82, 2.24) is 10.2 Å². The third-order valence-electron chi connectivity index (χ3n) is 7.19. The predicted molar refractivity (Wildman–Crippen MR) is 135 cm³/mol. The number of halogens is 5. The number of hydrogen-bond donors (Lipinski definition) is 1. The van der Waals surface area contributed by atoms with Gasteiger partial charge in [-0.1, -0.05) is 41.9 Å². The van der Waals surface area contributed by atoms with E-state index in [4.69, 9.17) is 11.6 Å². The smallest absolute Gasteiger partial charge is 0.365 e. The Morgan fingerprint density at radius 3 is 2.51 bits per heavy atom. The number of rotatable bonds is 5. The SMILES string of the molecule is O=C(NCc1ccccc1F)[C@@H]1Cc2cc(C(F)(F)F)ccc2N2CCN(Cc3ccc(Cl)cc3)C[C@@H]12. The van der Waals surface area contributed by atoms with Crippen molar-refractivity contribution >= 4 is 23.2 Å². The minimum absolute atomic E-state index is 0.0126. The van der Waals surface area contributed by atoms with Crippen molar-refractivity contribution in [3.63, 3.8) is 0 Å². The molecule has 0 unspecified atom stereocenters. The van der Waals surface area contributed by atoms with E-state index in [-0.39, 0.29) is 24.9 Å². The number of hydrogen-bond acceptors (Lipinski definition) is 3. The van der Waals surface area contributed by atoms with E-state index in [2.05, 4.69) is 15.1 Å². The van der Waals surface area contributed by atoms with Crippen LogP contribution in [0.1, 0.15) is 22.3 Å². The zero-order valence-corrected chi connectivity index (χ0v) is 20.7. The number of piperazine rings is 1. The molecule has 5 rings (SSSR count). The molecule has 3 aromatic carbocycles. The average Bonchev–Trinajstić information content (AvgIpc) is 2.88. The lowest BCUT2D eigenvalue weighted by atomic mass is 9.82. The molecule has 2 aliphatic rings. The minimum Gasteiger partial charge on any atom is -0.365 e. The number of alkyl halides is 3. The van der Waals surface area contributed by atoms with Crippen LogP contribution in [-0.2, 0) is 30.5 Å². The summed E-state index contributed by atoms with van der Waals surface area (Å²) in [6, 6.07) is 17.3. The van der Waals surface area contributed by atoms with E-state index in [1.54, 1.807) is 18.2 Å². The van der Waals surface area contributed by atoms with Crippen LogP contribution in [-0.4, -0.2) is 36.5 Å². The molecule has 0 aromatic heterocycles. The van der Waals surface area contributed by atoms with Gasteiger partial charge in [-0.25, -0.2) is 4.39 Å². The van der Waals surface area contributed by atoms with Gasteiger partial charge in [-0.05, 0) is 53.9 Å². The molecule has 2 atom stereocenters. The molecule has 0 saturated carbocycles. The molecule has 194 valence electrons. The lowest BCUT2D eigenvalue weighted by Crippen LogP contribution is -2.60. The summed E-state index contributed by atoms with van der Waals surface area (Å²) in [5, 5.41) is 3.48. The zero-order chi connectivity index (χ0) is 26.2. The molecule has 1 N–H and O–H groups in total. The molecule has 1 fully saturated rings. The third kappa shape index (κ3) is 5.60. The molecule has 37 heavy (non-hydrogen) atoms. The Morgan fingerprint density at radius 2 is 1.78 bits per heavy atom. The maximum absolute atomic E-state index is 14.1. The molecule has 2 heterocycles. The van der Waals surface area contributed by atoms with Crippen molar-refractivity contribution in [3.05, 3.63) is 99.8 Å². The molecule has 0 bridgehead atoms. The zero-order valence-electron chi connectivity index (χ0n) is 19.9. The van der Waals surface area contributed by atoms with E-state index in [1.165, 1.54) is 12.1 Å². The first-order valence-corrected chi connectivity index (χ1v) is 12.5. The van der Waals surface area contributed by atoms with Crippen LogP contribution in [0.15, 0.2) is 66.7 Å². The highest BCUT2D eigenvalue weighted by Crippen LogP contribution is 2.40. The summed E-state index contributed by atoms with van der Waals surface area (Å²) in [6.07, 6.45) is -4.29. The quantitative estimate of drug-likeness (QED) is 0.430. The second-order valence-electron chi connectivity index (χ2n) is 9.58. The maximum Gasteiger partial charge on any atom is 0.416 e. The average molecular weight is 532 g/mol. The van der Waals surface area contributed by atoms with Gasteiger partial charge in [-0.3, -0.25) is 9.69 Å². The third-order valence-corrected chi connectivity index (χ3v) is 7.44. The monoisotopic (exact) mass is 531 g/mol. The van der Waals surface area contributed by atoms with Gasteiger partial charge >= 0.3 is 6.18 Å². The van der Waals surface area contributed by atoms with E-state index in [0.29, 0.717) is 42.3 Å². The minimum atomic E-state index is -4.47. The Kier molecular flexibility index (Phi) is 7.14. The molecule has 2 aliphatic heterocycles. The highest BCUT2D eigenvalue weighted by molar-refractivity contribution is 6.30. The summed E-state index contributed by atoms with van der Waals surface area (Å²) in [4.78, 5) is 17.7. The predicted octanol–water partition coefficient (Wildman–Crippen LogP) is 5.68. The lowest BCUT2D eigenvalue weighted by molar-refractivity contribution is -0.137. The van der Waals surface area contributed by atoms with Crippen LogP contribution >= 0.6 is 11.6 Å². The Labute approximate surface area is 217 Å². The van der Waals surface area contributed by atoms with Crippen LogP contribution in [0.5, 0.6) is 0 Å². The van der Waals surface area contributed by atoms with Gasteiger partial charge in [0, 0.05) is 49.0 Å². The number of amides is 1. The molecular formula is C28H26ClF4N3O. The lowest BCUT2D eigenvalue weighted by Gasteiger charge is -2.49. The normalized spacial score (nSPS) is 19.8. The van der Waals surface area contributed by atoms with Crippen LogP contribution in [0.4, 0.5) is 23.2 Å². The fraction of sp³-hybridized carbons (Fsp3) is 0.321. The van der Waals surface area contributed by atoms with Crippen LogP contribution in [0.2, 0.25) is 5.02 Å². The fourth-order valence-corrected chi connectivity index (χ4v) is 5.43. The van der Waals surface area contributed by atoms with Crippen molar-refractivity contribution in [1.29, 1.82) is 0 Å². The Balaban J connectivity index is 1.40. The van der Waals surface area contributed by atoms with Crippen molar-refractivity contribution < 1.29 is 22.4 Å². The number of benzene rings is 3. The molecule has 1 amide bonds. The van der Waals surface area contributed by atoms with Gasteiger partial charge in [-0.2, -0.15) is 13.2 Å². The fourth-order valence-electron chi connectivity index (χ4n) is 5.31. The highest BCUT2D eigenvalue weighted by Gasteiger charge is 2.42. The van der Waals surface area contributed by atoms with Crippen LogP contribution in [0, 0.1) is 11.7 Å². The summed E-state index contributed by atoms with van der Waals surface area (Å²) in [5.74, 6) is -1.30. The number of nitrogens with zero attached hydrogens (tertiary/aromatic N) is 2. The summed E-state index contributed by atoms with van der Waals surface area (Å²) in [5.41, 5.74) is 1.96. The highest BCUT2D eigenvalue weighted by atomic mass is 35.5. The first kappa shape index (κ1) is 25.5. The molecule has 0 aliphatic carbocycles. The summed E-state index contributed by atoms with van der Waals surface area (Å²) < 4.78 is 54.4. The number of carbonyl (C=O) groups is 1. The van der Waals surface area contributed by atoms with Gasteiger partial charge in [-0.15, -0.1) is 0 Å². The first-order valence-electron chi connectivity index (χ1n) is 12.1. The Bertz CT molecular complexity index is 1280. The molecule has 9 heteroatoms. The first-order chi connectivity index (χ1) is 17.7. The van der Waals surface area contributed by atoms with Gasteiger partial charge in [0.05, 0.1) is 17.5 Å². The van der Waals surface area contributed by atoms with E-state index in [9.17, 15) is 22.4 Å². The van der Waals surface area contributed by atoms with Gasteiger partial charge in [0.15, 0.2) is 0 Å². The van der Waals surface area contributed by atoms with Gasteiger partial charge in [0.1, 0.15) is 5.82 Å². The van der Waals surface area contributed by atoms with E-state index >= 15 is 0 Å². The van der Waals surface area contributed by atoms with Gasteiger partial charge < -0.3 is 10.2 Å². The van der Waals surface area contributed by atoms with E-state index in [1.807, 2.05) is 24.3 Å². The van der Waals surface area contributed by atoms with Crippen molar-refractivity contribution in [2.24, 2.45) is 5.92 Å². The number of anilines is 1. The molecule has 0 spiro atoms. The molecular weight excluding hydrogens is 506 g/mol. The van der Waals surface area contributed by atoms with Crippen molar-refractivity contribution in [2.45, 2.75) is 31.7 Å². The molecule has 4 nitrogen and oxygen atoms in total. The van der Waals surface area contributed by atoms with Gasteiger partial charge in [0.2, 0.25) is 5.91 Å². The van der Waals surface area contributed by atoms with E-state index in [0.717, 1.165) is 23.4 Å². The van der Waals surface area contributed by atoms with Gasteiger partial charge in [0.25, 0.3) is 0 Å². The second-order valence-corrected chi connectivity index (χ2v) is 10.0. The number of carbonyl (C=O) groups excluding carboxylic acids is 1. The number of fused-ring (bicyclic) bond motifs is 3. The van der Waals surface area contributed by atoms with Crippen LogP contribution in [0.25, 0.3) is 0 Å². The van der Waals surface area contributed by atoms with Crippen molar-refractivity contribution in [2.75, 3.05) is 24.5 Å². The summed E-state index contributed by atoms with van der Waals surface area (Å²) >= 11 is 6.01. The Hall–Kier alpha value is -3.10. The Morgan fingerprint density at radius 1 is 1.03 bits per heavy atom. The van der Waals surface area contributed by atoms with Crippen LogP contribution < -0.4 is 10.2 Å². The topological polar surface area (TPSA) is 35.6 Å². The molecule has 3 aromatic rings. The van der Waals surface area contributed by atoms with Crippen LogP contribution in [0.3, 0.4) is 0 Å². The largest absolute Gasteiger partial charge is 0.416 e. The standard InChI is InChI=1S/C28H26ClF4N3O/c29-22-8-5-18(6-9-22)16-35-11-12-36-25-10-7-21(28(31,32)33)13-20(25)14-23(26(36)17-35)27(37)34-15-19-3-1-2-4-24(19)30/h1-10,13,23,26H,11-12,14-17H2,(H,34,37)/t23-,26+/m1/s1. The van der Waals surface area contributed by atoms with Crippen molar-refractivity contribution in [3.8, 4) is 0 Å². The second kappa shape index (κ2) is 10.3. The number of nitrogens with one attached hydrogen (secondary N) is 1. The molecule has 1 saturated heterocycles. The maximum atomic E-state index is 14.1. The summed E-state index contributed by atoms with van der Waals surface area (Å²) in [7, 11) is 0.